The number of aromatic hydroxyl groups is 4. The van der Waals surface area contributed by atoms with Gasteiger partial charge in [-0.2, -0.15) is 0 Å². The molecule has 1 saturated heterocycles. The second kappa shape index (κ2) is 14.5. The Morgan fingerprint density at radius 1 is 0.857 bits per heavy atom. The van der Waals surface area contributed by atoms with E-state index in [1.54, 1.807) is 34.6 Å². The molecule has 1 heterocycles. The molecule has 0 saturated carbocycles. The lowest BCUT2D eigenvalue weighted by atomic mass is 9.95. The number of phenolic OH excluding ortho intramolecular Hbond substituents is 4. The number of likely N-dealkylation sites (tertiary alicyclic amines) is 1. The summed E-state index contributed by atoms with van der Waals surface area (Å²) in [5.41, 5.74) is -2.57. The zero-order valence-electron chi connectivity index (χ0n) is 27.6. The fourth-order valence-electron chi connectivity index (χ4n) is 4.94. The third-order valence-corrected chi connectivity index (χ3v) is 7.55. The van der Waals surface area contributed by atoms with Crippen LogP contribution in [-0.2, 0) is 14.2 Å². The summed E-state index contributed by atoms with van der Waals surface area (Å²) in [6.45, 7) is 8.18. The smallest absolute Gasteiger partial charge is 0.410 e. The lowest BCUT2D eigenvalue weighted by Gasteiger charge is -2.24. The van der Waals surface area contributed by atoms with E-state index in [4.69, 9.17) is 14.2 Å². The summed E-state index contributed by atoms with van der Waals surface area (Å²) >= 11 is 0. The molecule has 2 amide bonds. The van der Waals surface area contributed by atoms with Crippen LogP contribution in [-0.4, -0.2) is 92.0 Å². The first-order valence-electron chi connectivity index (χ1n) is 15.4. The summed E-state index contributed by atoms with van der Waals surface area (Å²) in [4.78, 5) is 66.7. The number of benzene rings is 3. The lowest BCUT2D eigenvalue weighted by molar-refractivity contribution is 0.0177. The standard InChI is InChI=1S/C35H38N2O12/c1-6-18(2)47-33(45)22-8-7-9-24(39)28(22)30(42)29-25(40)14-20(15-26(29)41)32(44)48-27-17-37(34(46)49-35(3,4)5)16-23(27)36-31(43)19-10-12-21(38)13-11-19/h7-15,18,23,27,38-41H,6,16-17H2,1-5H3,(H,36,43). The summed E-state index contributed by atoms with van der Waals surface area (Å²) in [6.07, 6.45) is -1.85. The first-order chi connectivity index (χ1) is 23.0. The summed E-state index contributed by atoms with van der Waals surface area (Å²) < 4.78 is 16.4. The van der Waals surface area contributed by atoms with Crippen LogP contribution in [0.15, 0.2) is 54.6 Å². The van der Waals surface area contributed by atoms with Gasteiger partial charge in [0.25, 0.3) is 5.91 Å². The number of hydrogen-bond acceptors (Lipinski definition) is 12. The normalized spacial score (nSPS) is 16.4. The minimum atomic E-state index is -1.12. The molecule has 14 nitrogen and oxygen atoms in total. The van der Waals surface area contributed by atoms with Gasteiger partial charge in [0.05, 0.1) is 35.4 Å². The molecule has 0 radical (unpaired) electrons. The van der Waals surface area contributed by atoms with E-state index in [0.717, 1.165) is 18.2 Å². The number of ether oxygens (including phenoxy) is 3. The van der Waals surface area contributed by atoms with Crippen molar-refractivity contribution in [2.45, 2.75) is 64.9 Å². The lowest BCUT2D eigenvalue weighted by Crippen LogP contribution is -2.44. The zero-order valence-corrected chi connectivity index (χ0v) is 27.6. The van der Waals surface area contributed by atoms with Crippen LogP contribution in [0, 0.1) is 0 Å². The molecule has 5 N–H and O–H groups in total. The fourth-order valence-corrected chi connectivity index (χ4v) is 4.94. The monoisotopic (exact) mass is 678 g/mol. The Balaban J connectivity index is 1.59. The number of rotatable bonds is 9. The highest BCUT2D eigenvalue weighted by Gasteiger charge is 2.41. The van der Waals surface area contributed by atoms with Gasteiger partial charge in [0, 0.05) is 12.1 Å². The molecule has 3 atom stereocenters. The van der Waals surface area contributed by atoms with E-state index in [1.807, 2.05) is 0 Å². The largest absolute Gasteiger partial charge is 0.508 e. The molecule has 3 aromatic carbocycles. The molecule has 4 rings (SSSR count). The molecular weight excluding hydrogens is 640 g/mol. The second-order valence-corrected chi connectivity index (χ2v) is 12.5. The topological polar surface area (TPSA) is 209 Å². The van der Waals surface area contributed by atoms with Crippen LogP contribution in [0.3, 0.4) is 0 Å². The maximum atomic E-state index is 13.5. The van der Waals surface area contributed by atoms with E-state index in [-0.39, 0.29) is 35.5 Å². The van der Waals surface area contributed by atoms with Crippen LogP contribution >= 0.6 is 0 Å². The summed E-state index contributed by atoms with van der Waals surface area (Å²) in [5, 5.41) is 44.4. The molecule has 0 spiro atoms. The summed E-state index contributed by atoms with van der Waals surface area (Å²) in [6, 6.07) is 9.92. The minimum Gasteiger partial charge on any atom is -0.508 e. The van der Waals surface area contributed by atoms with Crippen molar-refractivity contribution in [2.75, 3.05) is 13.1 Å². The van der Waals surface area contributed by atoms with Crippen molar-refractivity contribution in [3.05, 3.63) is 82.4 Å². The molecule has 0 bridgehead atoms. The third-order valence-electron chi connectivity index (χ3n) is 7.55. The molecule has 1 aliphatic rings. The third kappa shape index (κ3) is 8.58. The van der Waals surface area contributed by atoms with E-state index in [0.29, 0.717) is 6.42 Å². The average molecular weight is 679 g/mol. The molecule has 1 fully saturated rings. The fraction of sp³-hybridized carbons (Fsp3) is 0.343. The molecule has 0 aliphatic carbocycles. The maximum absolute atomic E-state index is 13.5. The van der Waals surface area contributed by atoms with Crippen LogP contribution in [0.4, 0.5) is 4.79 Å². The van der Waals surface area contributed by atoms with Gasteiger partial charge in [0.1, 0.15) is 40.3 Å². The highest BCUT2D eigenvalue weighted by Crippen LogP contribution is 2.35. The van der Waals surface area contributed by atoms with Gasteiger partial charge in [0.15, 0.2) is 0 Å². The molecule has 3 aromatic rings. The van der Waals surface area contributed by atoms with Gasteiger partial charge in [-0.1, -0.05) is 13.0 Å². The van der Waals surface area contributed by atoms with Crippen molar-refractivity contribution in [3.8, 4) is 23.0 Å². The van der Waals surface area contributed by atoms with Crippen LogP contribution in [0.2, 0.25) is 0 Å². The van der Waals surface area contributed by atoms with Gasteiger partial charge in [-0.05, 0) is 82.6 Å². The van der Waals surface area contributed by atoms with Gasteiger partial charge in [-0.25, -0.2) is 14.4 Å². The molecule has 3 unspecified atom stereocenters. The molecule has 49 heavy (non-hydrogen) atoms. The predicted molar refractivity (Wildman–Crippen MR) is 173 cm³/mol. The molecule has 14 heteroatoms. The van der Waals surface area contributed by atoms with Crippen LogP contribution in [0.5, 0.6) is 23.0 Å². The Bertz CT molecular complexity index is 1740. The highest BCUT2D eigenvalue weighted by molar-refractivity contribution is 6.18. The van der Waals surface area contributed by atoms with Gasteiger partial charge < -0.3 is 44.9 Å². The average Bonchev–Trinajstić information content (AvgIpc) is 3.41. The number of carbonyl (C=O) groups is 5. The Morgan fingerprint density at radius 2 is 1.49 bits per heavy atom. The second-order valence-electron chi connectivity index (χ2n) is 12.5. The Hall–Kier alpha value is -5.79. The number of nitrogens with one attached hydrogen (secondary N) is 1. The van der Waals surface area contributed by atoms with E-state index < -0.39 is 81.9 Å². The molecule has 1 aliphatic heterocycles. The quantitative estimate of drug-likeness (QED) is 0.122. The Kier molecular flexibility index (Phi) is 10.7. The van der Waals surface area contributed by atoms with Crippen molar-refractivity contribution in [3.63, 3.8) is 0 Å². The minimum absolute atomic E-state index is 0.0512. The van der Waals surface area contributed by atoms with Gasteiger partial charge in [-0.3, -0.25) is 9.59 Å². The van der Waals surface area contributed by atoms with Crippen LogP contribution in [0.1, 0.15) is 88.0 Å². The van der Waals surface area contributed by atoms with E-state index in [2.05, 4.69) is 5.32 Å². The molecule has 0 aromatic heterocycles. The number of ketones is 1. The number of nitrogens with zero attached hydrogens (tertiary/aromatic N) is 1. The first-order valence-corrected chi connectivity index (χ1v) is 15.4. The number of phenols is 4. The van der Waals surface area contributed by atoms with E-state index in [1.165, 1.54) is 41.3 Å². The molecule has 260 valence electrons. The van der Waals surface area contributed by atoms with E-state index >= 15 is 0 Å². The van der Waals surface area contributed by atoms with Crippen molar-refractivity contribution < 1.29 is 58.6 Å². The Morgan fingerprint density at radius 3 is 2.08 bits per heavy atom. The van der Waals surface area contributed by atoms with Crippen LogP contribution < -0.4 is 5.32 Å². The number of esters is 2. The predicted octanol–water partition coefficient (Wildman–Crippen LogP) is 4.27. The van der Waals surface area contributed by atoms with Gasteiger partial charge >= 0.3 is 18.0 Å². The van der Waals surface area contributed by atoms with Crippen molar-refractivity contribution in [2.24, 2.45) is 0 Å². The maximum Gasteiger partial charge on any atom is 0.410 e. The van der Waals surface area contributed by atoms with Gasteiger partial charge in [-0.15, -0.1) is 0 Å². The molecular formula is C35H38N2O12. The zero-order chi connectivity index (χ0) is 36.2. The summed E-state index contributed by atoms with van der Waals surface area (Å²) in [7, 11) is 0. The van der Waals surface area contributed by atoms with E-state index in [9.17, 15) is 44.4 Å². The van der Waals surface area contributed by atoms with Crippen LogP contribution in [0.25, 0.3) is 0 Å². The SMILES string of the molecule is CCC(C)OC(=O)c1cccc(O)c1C(=O)c1c(O)cc(C(=O)OC2CN(C(=O)OC(C)(C)C)CC2NC(=O)c2ccc(O)cc2)cc1O. The number of hydrogen-bond donors (Lipinski definition) is 5. The van der Waals surface area contributed by atoms with Crippen molar-refractivity contribution >= 4 is 29.7 Å². The highest BCUT2D eigenvalue weighted by atomic mass is 16.6. The van der Waals surface area contributed by atoms with Gasteiger partial charge in [0.2, 0.25) is 5.78 Å². The van der Waals surface area contributed by atoms with Crippen molar-refractivity contribution in [1.82, 2.24) is 10.2 Å². The number of amides is 2. The summed E-state index contributed by atoms with van der Waals surface area (Å²) in [5.74, 6) is -6.06. The first kappa shape index (κ1) is 36.1. The Labute approximate surface area is 281 Å². The number of carbonyl (C=O) groups excluding carboxylic acids is 5. The van der Waals surface area contributed by atoms with Crippen molar-refractivity contribution in [1.29, 1.82) is 0 Å².